The molecule has 2 bridgehead atoms. The van der Waals surface area contributed by atoms with E-state index in [1.807, 2.05) is 23.4 Å². The summed E-state index contributed by atoms with van der Waals surface area (Å²) in [5.74, 6) is 0.398. The molecule has 5 rings (SSSR count). The number of H-pyrrole nitrogens is 1. The lowest BCUT2D eigenvalue weighted by Gasteiger charge is -2.44. The highest BCUT2D eigenvalue weighted by Gasteiger charge is 2.47. The molecule has 9 heteroatoms. The Kier molecular flexibility index (Phi) is 4.40. The zero-order valence-corrected chi connectivity index (χ0v) is 16.9. The van der Waals surface area contributed by atoms with Crippen molar-refractivity contribution >= 4 is 11.8 Å². The zero-order chi connectivity index (χ0) is 20.1. The Bertz CT molecular complexity index is 888. The molecular weight excluding hydrogens is 370 g/mol. The molecule has 1 unspecified atom stereocenters. The van der Waals surface area contributed by atoms with Crippen LogP contribution in [0.2, 0.25) is 0 Å². The highest BCUT2D eigenvalue weighted by atomic mass is 16.2. The number of carbonyl (C=O) groups is 2. The highest BCUT2D eigenvalue weighted by molar-refractivity contribution is 5.95. The van der Waals surface area contributed by atoms with Crippen LogP contribution in [0, 0.1) is 12.8 Å². The van der Waals surface area contributed by atoms with Crippen molar-refractivity contribution in [2.24, 2.45) is 5.92 Å². The van der Waals surface area contributed by atoms with Crippen LogP contribution in [0.4, 0.5) is 0 Å². The first-order valence-corrected chi connectivity index (χ1v) is 10.5. The normalized spacial score (nSPS) is 30.8. The van der Waals surface area contributed by atoms with Crippen molar-refractivity contribution in [3.63, 3.8) is 0 Å². The first kappa shape index (κ1) is 18.3. The molecule has 3 aliphatic rings. The molecule has 154 valence electrons. The number of piperidine rings is 1. The second-order valence-electron chi connectivity index (χ2n) is 8.81. The monoisotopic (exact) mass is 397 g/mol. The van der Waals surface area contributed by atoms with Crippen LogP contribution in [-0.2, 0) is 4.79 Å². The van der Waals surface area contributed by atoms with E-state index >= 15 is 0 Å². The maximum Gasteiger partial charge on any atom is 0.257 e. The van der Waals surface area contributed by atoms with Gasteiger partial charge in [-0.25, -0.2) is 0 Å². The van der Waals surface area contributed by atoms with Crippen molar-refractivity contribution in [3.8, 4) is 0 Å². The maximum atomic E-state index is 13.0. The fourth-order valence-corrected chi connectivity index (χ4v) is 5.40. The van der Waals surface area contributed by atoms with Crippen LogP contribution in [0.3, 0.4) is 0 Å². The Morgan fingerprint density at radius 3 is 2.31 bits per heavy atom. The van der Waals surface area contributed by atoms with E-state index in [2.05, 4.69) is 25.3 Å². The number of aromatic amines is 1. The molecule has 3 atom stereocenters. The van der Waals surface area contributed by atoms with E-state index in [1.165, 1.54) is 0 Å². The number of nitrogens with one attached hydrogen (secondary N) is 1. The molecule has 1 saturated carbocycles. The van der Waals surface area contributed by atoms with Crippen molar-refractivity contribution < 1.29 is 9.59 Å². The van der Waals surface area contributed by atoms with Gasteiger partial charge >= 0.3 is 0 Å². The Hall–Kier alpha value is -2.71. The Morgan fingerprint density at radius 1 is 1.07 bits per heavy atom. The molecule has 4 heterocycles. The topological polar surface area (TPSA) is 100 Å². The number of aromatic nitrogens is 5. The minimum absolute atomic E-state index is 0.0759. The number of amides is 2. The summed E-state index contributed by atoms with van der Waals surface area (Å²) in [7, 11) is 1.94. The molecule has 29 heavy (non-hydrogen) atoms. The lowest BCUT2D eigenvalue weighted by Crippen LogP contribution is -2.54. The average molecular weight is 397 g/mol. The zero-order valence-electron chi connectivity index (χ0n) is 16.9. The first-order chi connectivity index (χ1) is 14.0. The number of aryl methyl sites for hydroxylation is 1. The van der Waals surface area contributed by atoms with Crippen molar-refractivity contribution in [1.82, 2.24) is 34.8 Å². The lowest BCUT2D eigenvalue weighted by molar-refractivity contribution is -0.141. The summed E-state index contributed by atoms with van der Waals surface area (Å²) in [4.78, 5) is 30.1. The predicted molar refractivity (Wildman–Crippen MR) is 104 cm³/mol. The molecule has 2 aliphatic heterocycles. The largest absolute Gasteiger partial charge is 0.342 e. The van der Waals surface area contributed by atoms with Gasteiger partial charge < -0.3 is 14.4 Å². The van der Waals surface area contributed by atoms with Gasteiger partial charge in [0.05, 0.1) is 11.8 Å². The van der Waals surface area contributed by atoms with Crippen LogP contribution >= 0.6 is 0 Å². The number of nitrogens with zero attached hydrogens (tertiary/aromatic N) is 6. The molecular formula is C20H27N7O2. The van der Waals surface area contributed by atoms with Crippen molar-refractivity contribution in [3.05, 3.63) is 30.1 Å². The molecule has 1 aliphatic carbocycles. The predicted octanol–water partition coefficient (Wildman–Crippen LogP) is 1.55. The molecule has 2 amide bonds. The summed E-state index contributed by atoms with van der Waals surface area (Å²) in [6, 6.07) is 0.966. The Morgan fingerprint density at radius 2 is 1.72 bits per heavy atom. The van der Waals surface area contributed by atoms with Gasteiger partial charge in [0.1, 0.15) is 12.7 Å². The molecule has 2 aromatic rings. The summed E-state index contributed by atoms with van der Waals surface area (Å²) in [6.07, 6.45) is 10.5. The van der Waals surface area contributed by atoms with E-state index < -0.39 is 0 Å². The molecule has 2 aromatic heterocycles. The van der Waals surface area contributed by atoms with Crippen LogP contribution in [-0.4, -0.2) is 71.7 Å². The van der Waals surface area contributed by atoms with Gasteiger partial charge in [-0.2, -0.15) is 5.10 Å². The summed E-state index contributed by atoms with van der Waals surface area (Å²) in [5.41, 5.74) is 1.48. The van der Waals surface area contributed by atoms with Gasteiger partial charge in [-0.05, 0) is 45.4 Å². The molecule has 2 saturated heterocycles. The van der Waals surface area contributed by atoms with E-state index in [1.54, 1.807) is 18.9 Å². The summed E-state index contributed by atoms with van der Waals surface area (Å²) >= 11 is 0. The molecule has 3 fully saturated rings. The quantitative estimate of drug-likeness (QED) is 0.844. The SMILES string of the molecule is Cc1[nH]ncc1C(=O)N1[C@@H]2CC[C@H]1CC(N(C)C(=O)C1CC(n3cnnc3)C1)C2. The van der Waals surface area contributed by atoms with E-state index in [0.717, 1.165) is 44.2 Å². The standard InChI is InChI=1S/C20H27N7O2/c1-12-18(9-21-24-12)20(29)27-14-3-4-15(27)8-16(7-14)25(2)19(28)13-5-17(6-13)26-10-22-23-11-26/h9-11,13-17H,3-8H2,1-2H3,(H,21,24)/t13?,14-,15+,16?,17?. The third-order valence-electron chi connectivity index (χ3n) is 7.22. The summed E-state index contributed by atoms with van der Waals surface area (Å²) < 4.78 is 1.99. The van der Waals surface area contributed by atoms with Crippen molar-refractivity contribution in [1.29, 1.82) is 0 Å². The molecule has 0 radical (unpaired) electrons. The van der Waals surface area contributed by atoms with Crippen LogP contribution in [0.15, 0.2) is 18.9 Å². The highest BCUT2D eigenvalue weighted by Crippen LogP contribution is 2.42. The van der Waals surface area contributed by atoms with Gasteiger partial charge in [-0.1, -0.05) is 0 Å². The van der Waals surface area contributed by atoms with Gasteiger partial charge in [-0.3, -0.25) is 14.7 Å². The van der Waals surface area contributed by atoms with Gasteiger partial charge in [0.2, 0.25) is 5.91 Å². The number of hydrogen-bond acceptors (Lipinski definition) is 5. The first-order valence-electron chi connectivity index (χ1n) is 10.5. The minimum Gasteiger partial charge on any atom is -0.342 e. The molecule has 0 aromatic carbocycles. The van der Waals surface area contributed by atoms with E-state index in [4.69, 9.17) is 0 Å². The Balaban J connectivity index is 1.21. The number of hydrogen-bond donors (Lipinski definition) is 1. The van der Waals surface area contributed by atoms with Crippen molar-refractivity contribution in [2.75, 3.05) is 7.05 Å². The van der Waals surface area contributed by atoms with Crippen molar-refractivity contribution in [2.45, 2.75) is 69.6 Å². The second-order valence-corrected chi connectivity index (χ2v) is 8.81. The van der Waals surface area contributed by atoms with Crippen LogP contribution in [0.1, 0.15) is 60.6 Å². The molecule has 9 nitrogen and oxygen atoms in total. The van der Waals surface area contributed by atoms with E-state index in [0.29, 0.717) is 11.6 Å². The maximum absolute atomic E-state index is 13.0. The smallest absolute Gasteiger partial charge is 0.257 e. The summed E-state index contributed by atoms with van der Waals surface area (Å²) in [6.45, 7) is 1.88. The van der Waals surface area contributed by atoms with E-state index in [-0.39, 0.29) is 35.9 Å². The number of carbonyl (C=O) groups excluding carboxylic acids is 2. The number of rotatable bonds is 4. The Labute approximate surface area is 169 Å². The van der Waals surface area contributed by atoms with Gasteiger partial charge in [0.15, 0.2) is 0 Å². The molecule has 0 spiro atoms. The molecule has 1 N–H and O–H groups in total. The summed E-state index contributed by atoms with van der Waals surface area (Å²) in [5, 5.41) is 14.6. The van der Waals surface area contributed by atoms with Crippen LogP contribution < -0.4 is 0 Å². The van der Waals surface area contributed by atoms with E-state index in [9.17, 15) is 9.59 Å². The van der Waals surface area contributed by atoms with Gasteiger partial charge in [-0.15, -0.1) is 10.2 Å². The minimum atomic E-state index is 0.0759. The number of fused-ring (bicyclic) bond motifs is 2. The van der Waals surface area contributed by atoms with Gasteiger partial charge in [0, 0.05) is 42.8 Å². The second kappa shape index (κ2) is 6.96. The average Bonchev–Trinajstić information content (AvgIpc) is 3.40. The third kappa shape index (κ3) is 3.03. The fourth-order valence-electron chi connectivity index (χ4n) is 5.40. The van der Waals surface area contributed by atoms with Crippen LogP contribution in [0.5, 0.6) is 0 Å². The lowest BCUT2D eigenvalue weighted by atomic mass is 9.78. The van der Waals surface area contributed by atoms with Gasteiger partial charge in [0.25, 0.3) is 5.91 Å². The van der Waals surface area contributed by atoms with Crippen LogP contribution in [0.25, 0.3) is 0 Å². The third-order valence-corrected chi connectivity index (χ3v) is 7.22. The fraction of sp³-hybridized carbons (Fsp3) is 0.650.